The highest BCUT2D eigenvalue weighted by Crippen LogP contribution is 2.26. The number of alkyl halides is 1. The summed E-state index contributed by atoms with van der Waals surface area (Å²) in [6.07, 6.45) is 2.64. The second-order valence-electron chi connectivity index (χ2n) is 3.71. The van der Waals surface area contributed by atoms with Crippen molar-refractivity contribution in [2.24, 2.45) is 5.92 Å². The largest absolute Gasteiger partial charge is 0.461 e. The summed E-state index contributed by atoms with van der Waals surface area (Å²) in [7, 11) is 0. The third-order valence-corrected chi connectivity index (χ3v) is 2.98. The summed E-state index contributed by atoms with van der Waals surface area (Å²) in [6, 6.07) is 0. The molecule has 0 spiro atoms. The van der Waals surface area contributed by atoms with Crippen molar-refractivity contribution in [3.8, 4) is 0 Å². The molecular formula is C9H15BrO2. The Kier molecular flexibility index (Phi) is 3.56. The van der Waals surface area contributed by atoms with Crippen molar-refractivity contribution in [2.45, 2.75) is 44.0 Å². The number of hydrogen-bond acceptors (Lipinski definition) is 2. The van der Waals surface area contributed by atoms with Gasteiger partial charge < -0.3 is 4.74 Å². The van der Waals surface area contributed by atoms with E-state index in [2.05, 4.69) is 29.8 Å². The fourth-order valence-electron chi connectivity index (χ4n) is 1.40. The van der Waals surface area contributed by atoms with Gasteiger partial charge in [0.15, 0.2) is 0 Å². The second kappa shape index (κ2) is 4.26. The maximum atomic E-state index is 10.8. The maximum Gasteiger partial charge on any atom is 0.306 e. The highest BCUT2D eigenvalue weighted by atomic mass is 79.9. The van der Waals surface area contributed by atoms with Crippen LogP contribution in [0.5, 0.6) is 0 Å². The Labute approximate surface area is 81.8 Å². The van der Waals surface area contributed by atoms with E-state index in [9.17, 15) is 4.79 Å². The molecule has 70 valence electrons. The summed E-state index contributed by atoms with van der Waals surface area (Å²) >= 11 is 3.56. The van der Waals surface area contributed by atoms with Crippen LogP contribution >= 0.6 is 15.9 Å². The normalized spacial score (nSPS) is 26.0. The van der Waals surface area contributed by atoms with Gasteiger partial charge in [-0.25, -0.2) is 0 Å². The maximum absolute atomic E-state index is 10.8. The van der Waals surface area contributed by atoms with Gasteiger partial charge in [-0.05, 0) is 18.8 Å². The standard InChI is InChI=1S/C9H15BrO2/c1-6(2)5-7(10)8-3-4-9(11)12-8/h6-8H,3-5H2,1-2H3/t7-,8+/m1/s1. The SMILES string of the molecule is CC(C)C[C@@H](Br)[C@@H]1CCC(=O)O1. The Hall–Kier alpha value is -0.0500. The van der Waals surface area contributed by atoms with E-state index in [0.717, 1.165) is 12.8 Å². The molecule has 0 amide bonds. The van der Waals surface area contributed by atoms with Gasteiger partial charge in [0.2, 0.25) is 0 Å². The summed E-state index contributed by atoms with van der Waals surface area (Å²) in [5.41, 5.74) is 0. The van der Waals surface area contributed by atoms with E-state index in [1.165, 1.54) is 0 Å². The quantitative estimate of drug-likeness (QED) is 0.555. The molecule has 2 nitrogen and oxygen atoms in total. The summed E-state index contributed by atoms with van der Waals surface area (Å²) in [5, 5.41) is 0. The number of halogens is 1. The molecular weight excluding hydrogens is 220 g/mol. The minimum Gasteiger partial charge on any atom is -0.461 e. The van der Waals surface area contributed by atoms with Crippen LogP contribution in [0.1, 0.15) is 33.1 Å². The monoisotopic (exact) mass is 234 g/mol. The Bertz CT molecular complexity index is 168. The molecule has 1 heterocycles. The van der Waals surface area contributed by atoms with E-state index in [1.54, 1.807) is 0 Å². The fourth-order valence-corrected chi connectivity index (χ4v) is 2.52. The van der Waals surface area contributed by atoms with Crippen LogP contribution in [0.15, 0.2) is 0 Å². The van der Waals surface area contributed by atoms with Crippen molar-refractivity contribution in [2.75, 3.05) is 0 Å². The van der Waals surface area contributed by atoms with Crippen LogP contribution in [-0.2, 0) is 9.53 Å². The van der Waals surface area contributed by atoms with E-state index in [-0.39, 0.29) is 12.1 Å². The molecule has 0 radical (unpaired) electrons. The second-order valence-corrected chi connectivity index (χ2v) is 4.89. The fraction of sp³-hybridized carbons (Fsp3) is 0.889. The van der Waals surface area contributed by atoms with Gasteiger partial charge >= 0.3 is 5.97 Å². The molecule has 0 aromatic heterocycles. The van der Waals surface area contributed by atoms with Gasteiger partial charge in [0.25, 0.3) is 0 Å². The number of ether oxygens (including phenoxy) is 1. The number of cyclic esters (lactones) is 1. The van der Waals surface area contributed by atoms with E-state index in [4.69, 9.17) is 4.74 Å². The molecule has 0 aromatic rings. The van der Waals surface area contributed by atoms with Gasteiger partial charge in [-0.15, -0.1) is 0 Å². The van der Waals surface area contributed by atoms with Crippen LogP contribution in [0.25, 0.3) is 0 Å². The van der Waals surface area contributed by atoms with Crippen molar-refractivity contribution < 1.29 is 9.53 Å². The Morgan fingerprint density at radius 2 is 2.33 bits per heavy atom. The number of carbonyl (C=O) groups excluding carboxylic acids is 1. The van der Waals surface area contributed by atoms with Crippen LogP contribution in [0, 0.1) is 5.92 Å². The molecule has 1 fully saturated rings. The third kappa shape index (κ3) is 2.77. The summed E-state index contributed by atoms with van der Waals surface area (Å²) in [4.78, 5) is 11.1. The average molecular weight is 235 g/mol. The molecule has 0 bridgehead atoms. The Morgan fingerprint density at radius 3 is 2.75 bits per heavy atom. The van der Waals surface area contributed by atoms with Crippen LogP contribution in [-0.4, -0.2) is 16.9 Å². The Morgan fingerprint density at radius 1 is 1.67 bits per heavy atom. The van der Waals surface area contributed by atoms with E-state index in [0.29, 0.717) is 17.2 Å². The zero-order chi connectivity index (χ0) is 9.14. The highest BCUT2D eigenvalue weighted by Gasteiger charge is 2.29. The lowest BCUT2D eigenvalue weighted by molar-refractivity contribution is -0.141. The first-order chi connectivity index (χ1) is 5.59. The summed E-state index contributed by atoms with van der Waals surface area (Å²) in [5.74, 6) is 0.599. The van der Waals surface area contributed by atoms with Crippen molar-refractivity contribution in [3.63, 3.8) is 0 Å². The number of carbonyl (C=O) groups is 1. The molecule has 2 atom stereocenters. The topological polar surface area (TPSA) is 26.3 Å². The lowest BCUT2D eigenvalue weighted by atomic mass is 10.0. The van der Waals surface area contributed by atoms with Gasteiger partial charge in [0.05, 0.1) is 4.83 Å². The molecule has 1 aliphatic heterocycles. The number of hydrogen-bond donors (Lipinski definition) is 0. The predicted molar refractivity (Wildman–Crippen MR) is 51.3 cm³/mol. The van der Waals surface area contributed by atoms with Gasteiger partial charge in [0.1, 0.15) is 6.10 Å². The summed E-state index contributed by atoms with van der Waals surface area (Å²) < 4.78 is 5.14. The summed E-state index contributed by atoms with van der Waals surface area (Å²) in [6.45, 7) is 4.34. The molecule has 1 aliphatic rings. The molecule has 0 aromatic carbocycles. The van der Waals surface area contributed by atoms with Crippen LogP contribution < -0.4 is 0 Å². The lowest BCUT2D eigenvalue weighted by Gasteiger charge is -2.17. The van der Waals surface area contributed by atoms with Gasteiger partial charge in [0, 0.05) is 6.42 Å². The lowest BCUT2D eigenvalue weighted by Crippen LogP contribution is -2.21. The minimum absolute atomic E-state index is 0.0480. The number of esters is 1. The molecule has 3 heteroatoms. The Balaban J connectivity index is 2.32. The molecule has 0 aliphatic carbocycles. The molecule has 0 saturated carbocycles. The van der Waals surface area contributed by atoms with Gasteiger partial charge in [-0.2, -0.15) is 0 Å². The molecule has 0 unspecified atom stereocenters. The predicted octanol–water partition coefficient (Wildman–Crippen LogP) is 2.50. The highest BCUT2D eigenvalue weighted by molar-refractivity contribution is 9.09. The van der Waals surface area contributed by atoms with Crippen LogP contribution in [0.4, 0.5) is 0 Å². The first-order valence-electron chi connectivity index (χ1n) is 4.43. The van der Waals surface area contributed by atoms with E-state index in [1.807, 2.05) is 0 Å². The third-order valence-electron chi connectivity index (χ3n) is 2.02. The molecule has 1 rings (SSSR count). The first kappa shape index (κ1) is 10.0. The van der Waals surface area contributed by atoms with Crippen LogP contribution in [0.2, 0.25) is 0 Å². The molecule has 1 saturated heterocycles. The minimum atomic E-state index is -0.0480. The average Bonchev–Trinajstić information content (AvgIpc) is 2.34. The zero-order valence-electron chi connectivity index (χ0n) is 7.55. The van der Waals surface area contributed by atoms with Crippen molar-refractivity contribution in [1.29, 1.82) is 0 Å². The van der Waals surface area contributed by atoms with Crippen molar-refractivity contribution in [1.82, 2.24) is 0 Å². The smallest absolute Gasteiger partial charge is 0.306 e. The van der Waals surface area contributed by atoms with E-state index >= 15 is 0 Å². The van der Waals surface area contributed by atoms with Gasteiger partial charge in [-0.3, -0.25) is 4.79 Å². The van der Waals surface area contributed by atoms with Crippen molar-refractivity contribution >= 4 is 21.9 Å². The molecule has 12 heavy (non-hydrogen) atoms. The van der Waals surface area contributed by atoms with Gasteiger partial charge in [-0.1, -0.05) is 29.8 Å². The molecule has 0 N–H and O–H groups in total. The number of rotatable bonds is 3. The zero-order valence-corrected chi connectivity index (χ0v) is 9.13. The van der Waals surface area contributed by atoms with Crippen LogP contribution in [0.3, 0.4) is 0 Å². The first-order valence-corrected chi connectivity index (χ1v) is 5.34. The van der Waals surface area contributed by atoms with Crippen molar-refractivity contribution in [3.05, 3.63) is 0 Å². The van der Waals surface area contributed by atoms with E-state index < -0.39 is 0 Å².